The van der Waals surface area contributed by atoms with Crippen molar-refractivity contribution >= 4 is 40.6 Å². The Labute approximate surface area is 234 Å². The van der Waals surface area contributed by atoms with Crippen LogP contribution in [0.2, 0.25) is 0 Å². The average Bonchev–Trinajstić information content (AvgIpc) is 3.66. The van der Waals surface area contributed by atoms with Crippen molar-refractivity contribution in [2.24, 2.45) is 29.6 Å². The number of halogens is 3. The number of ether oxygens (including phenoxy) is 2. The third-order valence-electron chi connectivity index (χ3n) is 8.92. The number of methoxy groups -OCH3 is 2. The van der Waals surface area contributed by atoms with Crippen molar-refractivity contribution in [1.29, 1.82) is 0 Å². The van der Waals surface area contributed by atoms with Crippen LogP contribution in [0.4, 0.5) is 18.9 Å². The van der Waals surface area contributed by atoms with E-state index in [0.717, 1.165) is 43.8 Å². The Morgan fingerprint density at radius 1 is 0.950 bits per heavy atom. The van der Waals surface area contributed by atoms with Crippen molar-refractivity contribution in [3.63, 3.8) is 0 Å². The molecule has 2 aromatic carbocycles. The number of nitrogens with one attached hydrogen (secondary N) is 1. The molecule has 12 heteroatoms. The van der Waals surface area contributed by atoms with Gasteiger partial charge in [0.25, 0.3) is 0 Å². The molecule has 3 heterocycles. The zero-order valence-corrected chi connectivity index (χ0v) is 22.9. The molecule has 1 aromatic heterocycles. The predicted octanol–water partition coefficient (Wildman–Crippen LogP) is 5.15. The number of thioether (sulfide) groups is 1. The van der Waals surface area contributed by atoms with Crippen LogP contribution in [0.15, 0.2) is 52.3 Å². The Morgan fingerprint density at radius 2 is 1.68 bits per heavy atom. The van der Waals surface area contributed by atoms with E-state index in [9.17, 15) is 27.6 Å². The summed E-state index contributed by atoms with van der Waals surface area (Å²) in [6.07, 6.45) is -3.92. The van der Waals surface area contributed by atoms with E-state index in [1.807, 2.05) is 18.2 Å². The van der Waals surface area contributed by atoms with Crippen molar-refractivity contribution in [3.05, 3.63) is 68.1 Å². The Balaban J connectivity index is 1.30. The first-order chi connectivity index (χ1) is 19.1. The molecule has 7 nitrogen and oxygen atoms in total. The number of nitrogens with zero attached hydrogens (tertiary/aromatic N) is 1. The normalized spacial score (nSPS) is 30.3. The maximum atomic E-state index is 13.8. The van der Waals surface area contributed by atoms with Crippen LogP contribution in [0.1, 0.15) is 28.3 Å². The highest BCUT2D eigenvalue weighted by Crippen LogP contribution is 2.68. The fourth-order valence-corrected chi connectivity index (χ4v) is 10.4. The van der Waals surface area contributed by atoms with Crippen molar-refractivity contribution in [2.45, 2.75) is 28.8 Å². The van der Waals surface area contributed by atoms with Gasteiger partial charge in [0.2, 0.25) is 11.8 Å². The van der Waals surface area contributed by atoms with Gasteiger partial charge in [0, 0.05) is 16.0 Å². The number of hydrogen-bond acceptors (Lipinski definition) is 7. The summed E-state index contributed by atoms with van der Waals surface area (Å²) in [5, 5.41) is 0.729. The summed E-state index contributed by atoms with van der Waals surface area (Å²) in [5.74, 6) is -1.55. The van der Waals surface area contributed by atoms with Crippen LogP contribution in [-0.2, 0) is 15.8 Å². The molecule has 40 heavy (non-hydrogen) atoms. The molecule has 1 saturated heterocycles. The van der Waals surface area contributed by atoms with E-state index in [2.05, 4.69) is 4.98 Å². The molecule has 2 aliphatic carbocycles. The zero-order chi connectivity index (χ0) is 28.1. The summed E-state index contributed by atoms with van der Waals surface area (Å²) in [7, 11) is 3.10. The lowest BCUT2D eigenvalue weighted by molar-refractivity contribution is -0.137. The van der Waals surface area contributed by atoms with Crippen molar-refractivity contribution < 1.29 is 32.2 Å². The molecule has 1 N–H and O–H groups in total. The average molecular weight is 589 g/mol. The number of alkyl halides is 3. The molecule has 0 radical (unpaired) electrons. The number of carbonyl (C=O) groups is 2. The lowest BCUT2D eigenvalue weighted by atomic mass is 9.68. The number of carbonyl (C=O) groups excluding carboxylic acids is 2. The van der Waals surface area contributed by atoms with Crippen LogP contribution < -0.4 is 19.2 Å². The minimum Gasteiger partial charge on any atom is -0.493 e. The van der Waals surface area contributed by atoms with Gasteiger partial charge in [-0.3, -0.25) is 19.3 Å². The van der Waals surface area contributed by atoms with E-state index in [1.54, 1.807) is 26.0 Å². The molecule has 208 valence electrons. The highest BCUT2D eigenvalue weighted by Gasteiger charge is 2.69. The number of rotatable bonds is 4. The van der Waals surface area contributed by atoms with Gasteiger partial charge in [-0.25, -0.2) is 0 Å². The summed E-state index contributed by atoms with van der Waals surface area (Å²) < 4.78 is 51.2. The topological polar surface area (TPSA) is 88.7 Å². The largest absolute Gasteiger partial charge is 0.493 e. The van der Waals surface area contributed by atoms with Crippen LogP contribution in [0, 0.1) is 29.6 Å². The SMILES string of the molecule is COc1ccc([C@H]2c3sc(=O)[nH]c3S[C@@H]3[C@@H]4C[C@H]([C@H]5C(=O)N(c6cccc(C(F)(F)F)c6)C(=O)[C@H]45)[C@H]23)cc1OC. The van der Waals surface area contributed by atoms with E-state index < -0.39 is 35.4 Å². The minimum atomic E-state index is -4.59. The smallest absolute Gasteiger partial charge is 0.416 e. The lowest BCUT2D eigenvalue weighted by Crippen LogP contribution is -2.42. The maximum Gasteiger partial charge on any atom is 0.416 e. The number of aromatic nitrogens is 1. The Hall–Kier alpha value is -3.25. The molecule has 3 aromatic rings. The Bertz CT molecular complexity index is 1620. The lowest BCUT2D eigenvalue weighted by Gasteiger charge is -2.43. The minimum absolute atomic E-state index is 0.0414. The molecule has 4 aliphatic rings. The maximum absolute atomic E-state index is 13.8. The summed E-state index contributed by atoms with van der Waals surface area (Å²) >= 11 is 2.70. The molecule has 2 amide bonds. The summed E-state index contributed by atoms with van der Waals surface area (Å²) in [4.78, 5) is 44.6. The Kier molecular flexibility index (Phi) is 5.70. The monoisotopic (exact) mass is 588 g/mol. The van der Waals surface area contributed by atoms with Gasteiger partial charge >= 0.3 is 11.0 Å². The van der Waals surface area contributed by atoms with Crippen molar-refractivity contribution in [2.75, 3.05) is 19.1 Å². The molecule has 2 bridgehead atoms. The van der Waals surface area contributed by atoms with E-state index >= 15 is 0 Å². The summed E-state index contributed by atoms with van der Waals surface area (Å²) in [6.45, 7) is 0. The number of benzene rings is 2. The van der Waals surface area contributed by atoms with E-state index in [1.165, 1.54) is 12.1 Å². The molecular weight excluding hydrogens is 565 g/mol. The standard InChI is InChI=1S/C28H23F3N2O5S2/c1-37-16-7-6-11(8-17(16)38-2)18-19-14-10-15(22(19)39-24-23(18)40-27(36)32-24)21-20(14)25(34)33(26(21)35)13-5-3-4-12(9-13)28(29,30)31/h3-9,14-15,18-22H,10H2,1-2H3,(H,32,36)/t14-,15+,18+,19+,20+,21+,22+/m0/s1. The van der Waals surface area contributed by atoms with Gasteiger partial charge in [-0.2, -0.15) is 13.2 Å². The summed E-state index contributed by atoms with van der Waals surface area (Å²) in [5.41, 5.74) is -0.0362. The van der Waals surface area contributed by atoms with Gasteiger partial charge < -0.3 is 14.5 Å². The first-order valence-corrected chi connectivity index (χ1v) is 14.5. The van der Waals surface area contributed by atoms with Crippen LogP contribution >= 0.6 is 23.1 Å². The first kappa shape index (κ1) is 25.7. The molecule has 0 spiro atoms. The molecule has 0 unspecified atom stereocenters. The molecular formula is C28H23F3N2O5S2. The molecule has 7 rings (SSSR count). The van der Waals surface area contributed by atoms with Crippen molar-refractivity contribution in [3.8, 4) is 11.5 Å². The highest BCUT2D eigenvalue weighted by atomic mass is 32.2. The molecule has 7 atom stereocenters. The number of thiazole rings is 1. The fourth-order valence-electron chi connectivity index (χ4n) is 7.51. The van der Waals surface area contributed by atoms with Gasteiger partial charge in [0.1, 0.15) is 0 Å². The van der Waals surface area contributed by atoms with Gasteiger partial charge in [0.15, 0.2) is 11.5 Å². The van der Waals surface area contributed by atoms with Gasteiger partial charge in [-0.1, -0.05) is 23.5 Å². The van der Waals surface area contributed by atoms with Crippen LogP contribution in [0.25, 0.3) is 0 Å². The molecule has 3 fully saturated rings. The fraction of sp³-hybridized carbons (Fsp3) is 0.393. The summed E-state index contributed by atoms with van der Waals surface area (Å²) in [6, 6.07) is 10.0. The number of fused-ring (bicyclic) bond motifs is 9. The Morgan fingerprint density at radius 3 is 2.38 bits per heavy atom. The van der Waals surface area contributed by atoms with Crippen LogP contribution in [-0.4, -0.2) is 36.3 Å². The van der Waals surface area contributed by atoms with Gasteiger partial charge in [-0.15, -0.1) is 11.8 Å². The quantitative estimate of drug-likeness (QED) is 0.424. The third-order valence-corrected chi connectivity index (χ3v) is 11.5. The second-order valence-corrected chi connectivity index (χ2v) is 12.8. The van der Waals surface area contributed by atoms with E-state index in [4.69, 9.17) is 9.47 Å². The van der Waals surface area contributed by atoms with Gasteiger partial charge in [0.05, 0.1) is 42.3 Å². The van der Waals surface area contributed by atoms with E-state index in [-0.39, 0.29) is 39.5 Å². The number of anilines is 1. The number of hydrogen-bond donors (Lipinski definition) is 1. The van der Waals surface area contributed by atoms with Gasteiger partial charge in [-0.05, 0) is 60.1 Å². The van der Waals surface area contributed by atoms with Crippen LogP contribution in [0.3, 0.4) is 0 Å². The molecule has 2 aliphatic heterocycles. The van der Waals surface area contributed by atoms with Crippen molar-refractivity contribution in [1.82, 2.24) is 4.98 Å². The number of H-pyrrole nitrogens is 1. The molecule has 2 saturated carbocycles. The highest BCUT2D eigenvalue weighted by molar-refractivity contribution is 8.00. The second-order valence-electron chi connectivity index (χ2n) is 10.6. The van der Waals surface area contributed by atoms with Crippen LogP contribution in [0.5, 0.6) is 11.5 Å². The third kappa shape index (κ3) is 3.54. The first-order valence-electron chi connectivity index (χ1n) is 12.8. The van der Waals surface area contributed by atoms with E-state index in [0.29, 0.717) is 17.9 Å². The number of aromatic amines is 1. The number of imide groups is 1. The predicted molar refractivity (Wildman–Crippen MR) is 142 cm³/mol. The number of amides is 2. The zero-order valence-electron chi connectivity index (χ0n) is 21.2. The second kappa shape index (κ2) is 8.87.